The van der Waals surface area contributed by atoms with Crippen molar-refractivity contribution in [2.75, 3.05) is 18.1 Å². The first kappa shape index (κ1) is 17.2. The molecule has 0 spiro atoms. The van der Waals surface area contributed by atoms with Crippen LogP contribution in [-0.2, 0) is 15.2 Å². The number of aliphatic hydroxyl groups is 1. The third-order valence-electron chi connectivity index (χ3n) is 4.41. The normalized spacial score (nSPS) is 19.0. The molecule has 0 radical (unpaired) electrons. The van der Waals surface area contributed by atoms with E-state index in [-0.39, 0.29) is 12.2 Å². The number of carbonyl (C=O) groups excluding carboxylic acids is 2. The van der Waals surface area contributed by atoms with Crippen LogP contribution in [0.4, 0.5) is 5.69 Å². The predicted octanol–water partition coefficient (Wildman–Crippen LogP) is 2.59. The molecule has 2 aromatic carbocycles. The van der Waals surface area contributed by atoms with Crippen LogP contribution in [0.15, 0.2) is 48.5 Å². The molecule has 0 unspecified atom stereocenters. The molecular formula is C20H21NO4. The fourth-order valence-electron chi connectivity index (χ4n) is 3.22. The van der Waals surface area contributed by atoms with E-state index in [1.54, 1.807) is 24.3 Å². The lowest BCUT2D eigenvalue weighted by molar-refractivity contribution is -0.141. The molecule has 0 saturated heterocycles. The summed E-state index contributed by atoms with van der Waals surface area (Å²) >= 11 is 0. The first-order valence-corrected chi connectivity index (χ1v) is 8.25. The van der Waals surface area contributed by atoms with Crippen LogP contribution in [0.25, 0.3) is 0 Å². The van der Waals surface area contributed by atoms with Crippen molar-refractivity contribution >= 4 is 17.4 Å². The SMILES string of the molecule is CC(=O)C[C@]1(O)C(=O)N(CCOc2ccccc2C)c2ccccc21. The highest BCUT2D eigenvalue weighted by molar-refractivity contribution is 6.08. The quantitative estimate of drug-likeness (QED) is 0.878. The monoisotopic (exact) mass is 339 g/mol. The molecule has 5 heteroatoms. The lowest BCUT2D eigenvalue weighted by Crippen LogP contribution is -2.43. The van der Waals surface area contributed by atoms with Crippen molar-refractivity contribution in [3.05, 3.63) is 59.7 Å². The van der Waals surface area contributed by atoms with Crippen LogP contribution in [0, 0.1) is 6.92 Å². The number of benzene rings is 2. The Balaban J connectivity index is 1.79. The molecule has 1 amide bonds. The van der Waals surface area contributed by atoms with Gasteiger partial charge in [-0.05, 0) is 31.5 Å². The maximum Gasteiger partial charge on any atom is 0.264 e. The minimum atomic E-state index is -1.79. The van der Waals surface area contributed by atoms with Gasteiger partial charge in [0.15, 0.2) is 5.60 Å². The number of carbonyl (C=O) groups is 2. The standard InChI is InChI=1S/C20H21NO4/c1-14-7-3-6-10-18(14)25-12-11-21-17-9-5-4-8-16(17)20(24,19(21)23)13-15(2)22/h3-10,24H,11-13H2,1-2H3/t20-/m1/s1. The number of ketones is 1. The Hall–Kier alpha value is -2.66. The number of fused-ring (bicyclic) bond motifs is 1. The van der Waals surface area contributed by atoms with Crippen molar-refractivity contribution in [3.63, 3.8) is 0 Å². The van der Waals surface area contributed by atoms with Crippen LogP contribution in [0.2, 0.25) is 0 Å². The molecule has 1 atom stereocenters. The Kier molecular flexibility index (Phi) is 4.59. The average Bonchev–Trinajstić information content (AvgIpc) is 2.78. The van der Waals surface area contributed by atoms with Gasteiger partial charge in [-0.25, -0.2) is 0 Å². The average molecular weight is 339 g/mol. The van der Waals surface area contributed by atoms with Gasteiger partial charge >= 0.3 is 0 Å². The van der Waals surface area contributed by atoms with E-state index in [9.17, 15) is 14.7 Å². The number of ether oxygens (including phenoxy) is 1. The molecule has 0 aliphatic carbocycles. The molecular weight excluding hydrogens is 318 g/mol. The number of anilines is 1. The topological polar surface area (TPSA) is 66.8 Å². The van der Waals surface area contributed by atoms with Crippen LogP contribution in [0.5, 0.6) is 5.75 Å². The van der Waals surface area contributed by atoms with Gasteiger partial charge in [-0.15, -0.1) is 0 Å². The van der Waals surface area contributed by atoms with Crippen LogP contribution in [0.3, 0.4) is 0 Å². The van der Waals surface area contributed by atoms with Gasteiger partial charge in [0.25, 0.3) is 5.91 Å². The number of rotatable bonds is 6. The Bertz CT molecular complexity index is 817. The molecule has 0 saturated carbocycles. The van der Waals surface area contributed by atoms with Crippen LogP contribution in [0.1, 0.15) is 24.5 Å². The van der Waals surface area contributed by atoms with Crippen molar-refractivity contribution in [2.24, 2.45) is 0 Å². The van der Waals surface area contributed by atoms with Gasteiger partial charge in [-0.2, -0.15) is 0 Å². The van der Waals surface area contributed by atoms with Gasteiger partial charge in [-0.1, -0.05) is 36.4 Å². The molecule has 5 nitrogen and oxygen atoms in total. The van der Waals surface area contributed by atoms with Crippen molar-refractivity contribution in [3.8, 4) is 5.75 Å². The molecule has 2 aromatic rings. The first-order valence-electron chi connectivity index (χ1n) is 8.25. The third-order valence-corrected chi connectivity index (χ3v) is 4.41. The Morgan fingerprint density at radius 3 is 2.56 bits per heavy atom. The van der Waals surface area contributed by atoms with Gasteiger partial charge in [0.2, 0.25) is 0 Å². The minimum Gasteiger partial charge on any atom is -0.491 e. The highest BCUT2D eigenvalue weighted by atomic mass is 16.5. The van der Waals surface area contributed by atoms with Gasteiger partial charge < -0.3 is 14.7 Å². The summed E-state index contributed by atoms with van der Waals surface area (Å²) in [6.45, 7) is 3.92. The minimum absolute atomic E-state index is 0.224. The highest BCUT2D eigenvalue weighted by Crippen LogP contribution is 2.42. The number of hydrogen-bond donors (Lipinski definition) is 1. The van der Waals surface area contributed by atoms with Gasteiger partial charge in [0, 0.05) is 12.0 Å². The zero-order chi connectivity index (χ0) is 18.0. The Morgan fingerprint density at radius 1 is 1.16 bits per heavy atom. The maximum atomic E-state index is 12.8. The lowest BCUT2D eigenvalue weighted by atomic mass is 9.90. The van der Waals surface area contributed by atoms with E-state index >= 15 is 0 Å². The number of nitrogens with zero attached hydrogens (tertiary/aromatic N) is 1. The smallest absolute Gasteiger partial charge is 0.264 e. The molecule has 1 heterocycles. The largest absolute Gasteiger partial charge is 0.491 e. The van der Waals surface area contributed by atoms with E-state index in [1.165, 1.54) is 11.8 Å². The van der Waals surface area contributed by atoms with E-state index < -0.39 is 11.5 Å². The van der Waals surface area contributed by atoms with E-state index in [1.807, 2.05) is 31.2 Å². The second-order valence-corrected chi connectivity index (χ2v) is 6.33. The number of amides is 1. The fourth-order valence-corrected chi connectivity index (χ4v) is 3.22. The molecule has 3 rings (SSSR count). The molecule has 0 aromatic heterocycles. The fraction of sp³-hybridized carbons (Fsp3) is 0.300. The lowest BCUT2D eigenvalue weighted by Gasteiger charge is -2.22. The van der Waals surface area contributed by atoms with Crippen molar-refractivity contribution in [1.82, 2.24) is 0 Å². The molecule has 0 bridgehead atoms. The van der Waals surface area contributed by atoms with E-state index in [0.29, 0.717) is 24.4 Å². The second kappa shape index (κ2) is 6.69. The molecule has 25 heavy (non-hydrogen) atoms. The summed E-state index contributed by atoms with van der Waals surface area (Å²) in [6, 6.07) is 14.7. The van der Waals surface area contributed by atoms with Crippen LogP contribution < -0.4 is 9.64 Å². The molecule has 1 aliphatic heterocycles. The summed E-state index contributed by atoms with van der Waals surface area (Å²) in [4.78, 5) is 25.8. The van der Waals surface area contributed by atoms with Crippen LogP contribution >= 0.6 is 0 Å². The molecule has 1 aliphatic rings. The summed E-state index contributed by atoms with van der Waals surface area (Å²) in [5, 5.41) is 10.9. The van der Waals surface area contributed by atoms with E-state index in [0.717, 1.165) is 11.3 Å². The number of para-hydroxylation sites is 2. The Morgan fingerprint density at radius 2 is 1.84 bits per heavy atom. The van der Waals surface area contributed by atoms with Gasteiger partial charge in [-0.3, -0.25) is 9.59 Å². The third kappa shape index (κ3) is 3.15. The summed E-state index contributed by atoms with van der Waals surface area (Å²) < 4.78 is 5.77. The van der Waals surface area contributed by atoms with Gasteiger partial charge in [0.05, 0.1) is 12.2 Å². The molecule has 130 valence electrons. The van der Waals surface area contributed by atoms with E-state index in [4.69, 9.17) is 4.74 Å². The van der Waals surface area contributed by atoms with Crippen molar-refractivity contribution < 1.29 is 19.4 Å². The first-order chi connectivity index (χ1) is 11.9. The summed E-state index contributed by atoms with van der Waals surface area (Å²) in [5.74, 6) is 0.0578. The number of Topliss-reactive ketones (excluding diaryl/α,β-unsaturated/α-hetero) is 1. The summed E-state index contributed by atoms with van der Waals surface area (Å²) in [6.07, 6.45) is -0.224. The van der Waals surface area contributed by atoms with E-state index in [2.05, 4.69) is 0 Å². The van der Waals surface area contributed by atoms with Crippen molar-refractivity contribution in [2.45, 2.75) is 25.9 Å². The summed E-state index contributed by atoms with van der Waals surface area (Å²) in [5.41, 5.74) is 0.338. The maximum absolute atomic E-state index is 12.8. The van der Waals surface area contributed by atoms with Crippen molar-refractivity contribution in [1.29, 1.82) is 0 Å². The summed E-state index contributed by atoms with van der Waals surface area (Å²) in [7, 11) is 0. The van der Waals surface area contributed by atoms with Gasteiger partial charge in [0.1, 0.15) is 18.1 Å². The number of hydrogen-bond acceptors (Lipinski definition) is 4. The second-order valence-electron chi connectivity index (χ2n) is 6.33. The molecule has 0 fully saturated rings. The molecule has 1 N–H and O–H groups in total. The Labute approximate surface area is 146 Å². The highest BCUT2D eigenvalue weighted by Gasteiger charge is 2.50. The number of aryl methyl sites for hydroxylation is 1. The zero-order valence-corrected chi connectivity index (χ0v) is 14.4. The zero-order valence-electron chi connectivity index (χ0n) is 14.4. The van der Waals surface area contributed by atoms with Crippen LogP contribution in [-0.4, -0.2) is 29.9 Å². The predicted molar refractivity (Wildman–Crippen MR) is 94.7 cm³/mol.